The second-order valence-corrected chi connectivity index (χ2v) is 5.85. The number of hydrogen-bond donors (Lipinski definition) is 2. The minimum Gasteiger partial charge on any atom is -0.508 e. The lowest BCUT2D eigenvalue weighted by molar-refractivity contribution is -0.136. The Kier molecular flexibility index (Phi) is 5.65. The predicted octanol–water partition coefficient (Wildman–Crippen LogP) is 3.35. The van der Waals surface area contributed by atoms with E-state index in [9.17, 15) is 14.7 Å². The molecule has 23 heavy (non-hydrogen) atoms. The molecule has 0 spiro atoms. The van der Waals surface area contributed by atoms with Gasteiger partial charge in [-0.2, -0.15) is 0 Å². The zero-order valence-corrected chi connectivity index (χ0v) is 13.3. The van der Waals surface area contributed by atoms with Gasteiger partial charge in [0.25, 0.3) is 0 Å². The third-order valence-electron chi connectivity index (χ3n) is 3.00. The van der Waals surface area contributed by atoms with E-state index in [1.54, 1.807) is 43.3 Å². The van der Waals surface area contributed by atoms with Gasteiger partial charge in [0.15, 0.2) is 0 Å². The lowest BCUT2D eigenvalue weighted by Gasteiger charge is -2.07. The van der Waals surface area contributed by atoms with E-state index in [2.05, 4.69) is 0 Å². The Morgan fingerprint density at radius 2 is 1.74 bits per heavy atom. The second-order valence-electron chi connectivity index (χ2n) is 4.71. The number of carboxylic acid groups (broad SMARTS) is 1. The van der Waals surface area contributed by atoms with Crippen molar-refractivity contribution in [2.45, 2.75) is 23.1 Å². The first kappa shape index (κ1) is 16.9. The Balaban J connectivity index is 2.08. The highest BCUT2D eigenvalue weighted by atomic mass is 32.2. The third kappa shape index (κ3) is 4.75. The minimum absolute atomic E-state index is 0.0412. The van der Waals surface area contributed by atoms with Crippen molar-refractivity contribution >= 4 is 23.7 Å². The summed E-state index contributed by atoms with van der Waals surface area (Å²) in [5, 5.41) is 18.6. The van der Waals surface area contributed by atoms with Crippen LogP contribution in [-0.4, -0.2) is 28.8 Å². The second kappa shape index (κ2) is 7.69. The molecule has 0 aliphatic heterocycles. The van der Waals surface area contributed by atoms with Crippen LogP contribution in [-0.2, 0) is 16.0 Å². The molecule has 2 rings (SSSR count). The van der Waals surface area contributed by atoms with Crippen LogP contribution in [0.25, 0.3) is 0 Å². The summed E-state index contributed by atoms with van der Waals surface area (Å²) in [6.07, 6.45) is -0.217. The zero-order valence-electron chi connectivity index (χ0n) is 12.5. The highest BCUT2D eigenvalue weighted by Gasteiger charge is 2.09. The van der Waals surface area contributed by atoms with Crippen molar-refractivity contribution in [1.29, 1.82) is 0 Å². The molecule has 0 aliphatic rings. The molecule has 2 aromatic rings. The van der Waals surface area contributed by atoms with Crippen LogP contribution in [0.4, 0.5) is 0 Å². The van der Waals surface area contributed by atoms with E-state index in [-0.39, 0.29) is 18.1 Å². The van der Waals surface area contributed by atoms with Gasteiger partial charge < -0.3 is 14.9 Å². The number of ether oxygens (including phenoxy) is 1. The smallest absolute Gasteiger partial charge is 0.338 e. The summed E-state index contributed by atoms with van der Waals surface area (Å²) >= 11 is 1.40. The first-order valence-corrected chi connectivity index (χ1v) is 7.80. The number of hydrogen-bond acceptors (Lipinski definition) is 5. The van der Waals surface area contributed by atoms with E-state index in [1.807, 2.05) is 0 Å². The SMILES string of the molecule is CCOC(=O)c1ccc(Sc2ccc(CC(=O)O)c(O)c2)cc1. The van der Waals surface area contributed by atoms with Gasteiger partial charge >= 0.3 is 11.9 Å². The van der Waals surface area contributed by atoms with Crippen LogP contribution in [0.1, 0.15) is 22.8 Å². The Bertz CT molecular complexity index is 709. The fourth-order valence-electron chi connectivity index (χ4n) is 1.93. The average molecular weight is 332 g/mol. The maximum Gasteiger partial charge on any atom is 0.338 e. The van der Waals surface area contributed by atoms with Gasteiger partial charge in [-0.05, 0) is 43.3 Å². The maximum atomic E-state index is 11.6. The maximum absolute atomic E-state index is 11.6. The van der Waals surface area contributed by atoms with Gasteiger partial charge in [0.2, 0.25) is 0 Å². The number of phenolic OH excluding ortho intramolecular Hbond substituents is 1. The number of rotatable bonds is 6. The molecule has 6 heteroatoms. The fourth-order valence-corrected chi connectivity index (χ4v) is 2.78. The molecule has 0 saturated carbocycles. The topological polar surface area (TPSA) is 83.8 Å². The highest BCUT2D eigenvalue weighted by Crippen LogP contribution is 2.31. The van der Waals surface area contributed by atoms with Gasteiger partial charge in [0.1, 0.15) is 5.75 Å². The lowest BCUT2D eigenvalue weighted by atomic mass is 10.1. The van der Waals surface area contributed by atoms with Crippen LogP contribution in [0, 0.1) is 0 Å². The summed E-state index contributed by atoms with van der Waals surface area (Å²) in [4.78, 5) is 23.9. The lowest BCUT2D eigenvalue weighted by Crippen LogP contribution is -2.03. The molecule has 0 unspecified atom stereocenters. The Morgan fingerprint density at radius 1 is 1.09 bits per heavy atom. The summed E-state index contributed by atoms with van der Waals surface area (Å²) in [5.74, 6) is -1.39. The molecule has 0 aliphatic carbocycles. The molecule has 2 aromatic carbocycles. The monoisotopic (exact) mass is 332 g/mol. The zero-order chi connectivity index (χ0) is 16.8. The molecule has 0 heterocycles. The van der Waals surface area contributed by atoms with Gasteiger partial charge in [-0.15, -0.1) is 0 Å². The summed E-state index contributed by atoms with van der Waals surface area (Å²) < 4.78 is 4.92. The summed E-state index contributed by atoms with van der Waals surface area (Å²) in [5.41, 5.74) is 0.857. The normalized spacial score (nSPS) is 10.3. The van der Waals surface area contributed by atoms with E-state index in [4.69, 9.17) is 9.84 Å². The molecule has 120 valence electrons. The van der Waals surface area contributed by atoms with Crippen molar-refractivity contribution in [3.63, 3.8) is 0 Å². The average Bonchev–Trinajstić information content (AvgIpc) is 2.50. The van der Waals surface area contributed by atoms with Gasteiger partial charge in [0, 0.05) is 15.4 Å². The van der Waals surface area contributed by atoms with Crippen LogP contribution in [0.5, 0.6) is 5.75 Å². The molecular weight excluding hydrogens is 316 g/mol. The molecule has 2 N–H and O–H groups in total. The largest absolute Gasteiger partial charge is 0.508 e. The number of carbonyl (C=O) groups excluding carboxylic acids is 1. The molecule has 0 bridgehead atoms. The summed E-state index contributed by atoms with van der Waals surface area (Å²) in [7, 11) is 0. The number of benzene rings is 2. The number of phenols is 1. The standard InChI is InChI=1S/C17H16O5S/c1-2-22-17(21)11-3-6-13(7-4-11)23-14-8-5-12(9-16(19)20)15(18)10-14/h3-8,10,18H,2,9H2,1H3,(H,19,20). The number of aliphatic carboxylic acids is 1. The Labute approximate surface area is 137 Å². The number of esters is 1. The highest BCUT2D eigenvalue weighted by molar-refractivity contribution is 7.99. The molecule has 5 nitrogen and oxygen atoms in total. The van der Waals surface area contributed by atoms with Gasteiger partial charge in [0.05, 0.1) is 18.6 Å². The van der Waals surface area contributed by atoms with E-state index >= 15 is 0 Å². The fraction of sp³-hybridized carbons (Fsp3) is 0.176. The minimum atomic E-state index is -0.991. The molecule has 0 atom stereocenters. The predicted molar refractivity (Wildman–Crippen MR) is 86.0 cm³/mol. The Hall–Kier alpha value is -2.47. The van der Waals surface area contributed by atoms with Crippen LogP contribution >= 0.6 is 11.8 Å². The first-order valence-electron chi connectivity index (χ1n) is 6.98. The molecular formula is C17H16O5S. The van der Waals surface area contributed by atoms with Crippen molar-refractivity contribution in [2.75, 3.05) is 6.61 Å². The van der Waals surface area contributed by atoms with E-state index in [0.717, 1.165) is 9.79 Å². The number of carboxylic acids is 1. The first-order chi connectivity index (χ1) is 11.0. The quantitative estimate of drug-likeness (QED) is 0.789. The summed E-state index contributed by atoms with van der Waals surface area (Å²) in [6.45, 7) is 2.08. The Morgan fingerprint density at radius 3 is 2.30 bits per heavy atom. The van der Waals surface area contributed by atoms with E-state index in [0.29, 0.717) is 17.7 Å². The molecule has 0 fully saturated rings. The van der Waals surface area contributed by atoms with Crippen molar-refractivity contribution in [3.05, 3.63) is 53.6 Å². The molecule has 0 amide bonds. The van der Waals surface area contributed by atoms with Crippen molar-refractivity contribution in [3.8, 4) is 5.75 Å². The third-order valence-corrected chi connectivity index (χ3v) is 4.00. The van der Waals surface area contributed by atoms with Crippen LogP contribution < -0.4 is 0 Å². The van der Waals surface area contributed by atoms with Crippen LogP contribution in [0.3, 0.4) is 0 Å². The van der Waals surface area contributed by atoms with Gasteiger partial charge in [-0.25, -0.2) is 4.79 Å². The number of carbonyl (C=O) groups is 2. The van der Waals surface area contributed by atoms with Crippen molar-refractivity contribution < 1.29 is 24.5 Å². The van der Waals surface area contributed by atoms with Gasteiger partial charge in [-0.3, -0.25) is 4.79 Å². The number of aromatic hydroxyl groups is 1. The van der Waals surface area contributed by atoms with Gasteiger partial charge in [-0.1, -0.05) is 17.8 Å². The van der Waals surface area contributed by atoms with Crippen LogP contribution in [0.2, 0.25) is 0 Å². The summed E-state index contributed by atoms with van der Waals surface area (Å²) in [6, 6.07) is 11.8. The van der Waals surface area contributed by atoms with Crippen molar-refractivity contribution in [2.24, 2.45) is 0 Å². The van der Waals surface area contributed by atoms with E-state index in [1.165, 1.54) is 17.8 Å². The molecule has 0 radical (unpaired) electrons. The van der Waals surface area contributed by atoms with Crippen molar-refractivity contribution in [1.82, 2.24) is 0 Å². The molecule has 0 saturated heterocycles. The van der Waals surface area contributed by atoms with E-state index < -0.39 is 5.97 Å². The van der Waals surface area contributed by atoms with Crippen LogP contribution in [0.15, 0.2) is 52.3 Å². The molecule has 0 aromatic heterocycles.